The third kappa shape index (κ3) is 9.50. The van der Waals surface area contributed by atoms with Gasteiger partial charge in [0.05, 0.1) is 13.2 Å². The molecule has 0 aromatic heterocycles. The largest absolute Gasteiger partial charge is 0.444 e. The van der Waals surface area contributed by atoms with Crippen molar-refractivity contribution in [3.05, 3.63) is 53.8 Å². The van der Waals surface area contributed by atoms with Gasteiger partial charge in [-0.15, -0.1) is 5.73 Å². The van der Waals surface area contributed by atoms with E-state index in [0.717, 1.165) is 5.56 Å². The summed E-state index contributed by atoms with van der Waals surface area (Å²) in [6.45, 7) is 6.92. The van der Waals surface area contributed by atoms with Crippen LogP contribution in [-0.4, -0.2) is 24.8 Å². The zero-order valence-electron chi connectivity index (χ0n) is 12.9. The normalized spacial score (nSPS) is 10.4. The molecule has 0 aliphatic heterocycles. The highest BCUT2D eigenvalue weighted by Crippen LogP contribution is 2.06. The van der Waals surface area contributed by atoms with Gasteiger partial charge in [0.1, 0.15) is 5.60 Å². The Kier molecular flexibility index (Phi) is 7.30. The molecule has 0 unspecified atom stereocenters. The molecule has 1 aromatic carbocycles. The van der Waals surface area contributed by atoms with Crippen LogP contribution in [0.4, 0.5) is 4.79 Å². The highest BCUT2D eigenvalue weighted by molar-refractivity contribution is 5.67. The Labute approximate surface area is 126 Å². The molecule has 0 aliphatic rings. The van der Waals surface area contributed by atoms with E-state index < -0.39 is 11.7 Å². The van der Waals surface area contributed by atoms with Crippen molar-refractivity contribution in [2.45, 2.75) is 33.0 Å². The van der Waals surface area contributed by atoms with Crippen molar-refractivity contribution in [1.82, 2.24) is 5.32 Å². The van der Waals surface area contributed by atoms with E-state index in [9.17, 15) is 4.79 Å². The first-order chi connectivity index (χ1) is 9.97. The lowest BCUT2D eigenvalue weighted by Gasteiger charge is -2.19. The molecule has 1 aromatic rings. The van der Waals surface area contributed by atoms with E-state index in [1.54, 1.807) is 12.2 Å². The van der Waals surface area contributed by atoms with Gasteiger partial charge in [-0.25, -0.2) is 4.79 Å². The van der Waals surface area contributed by atoms with Gasteiger partial charge in [0.15, 0.2) is 0 Å². The van der Waals surface area contributed by atoms with Crippen LogP contribution in [-0.2, 0) is 16.1 Å². The number of ether oxygens (including phenoxy) is 2. The van der Waals surface area contributed by atoms with Gasteiger partial charge in [0.25, 0.3) is 0 Å². The molecule has 4 nitrogen and oxygen atoms in total. The molecule has 0 fully saturated rings. The molecule has 0 atom stereocenters. The van der Waals surface area contributed by atoms with E-state index in [1.165, 1.54) is 0 Å². The molecule has 0 aliphatic carbocycles. The van der Waals surface area contributed by atoms with Crippen LogP contribution in [0.2, 0.25) is 0 Å². The van der Waals surface area contributed by atoms with Crippen molar-refractivity contribution in [1.29, 1.82) is 0 Å². The maximum absolute atomic E-state index is 11.3. The van der Waals surface area contributed by atoms with Crippen LogP contribution < -0.4 is 5.32 Å². The SMILES string of the molecule is CC(C)(C)OC(=O)NCC=C=CCOCc1ccccc1. The Morgan fingerprint density at radius 3 is 2.62 bits per heavy atom. The van der Waals surface area contributed by atoms with Crippen LogP contribution in [0, 0.1) is 0 Å². The molecule has 114 valence electrons. The van der Waals surface area contributed by atoms with Gasteiger partial charge in [-0.1, -0.05) is 30.3 Å². The Morgan fingerprint density at radius 2 is 1.95 bits per heavy atom. The second kappa shape index (κ2) is 9.01. The maximum Gasteiger partial charge on any atom is 0.407 e. The maximum atomic E-state index is 11.3. The number of amides is 1. The molecule has 0 saturated heterocycles. The predicted octanol–water partition coefficient (Wildman–Crippen LogP) is 3.44. The lowest BCUT2D eigenvalue weighted by atomic mass is 10.2. The molecular formula is C17H23NO3. The van der Waals surface area contributed by atoms with Crippen molar-refractivity contribution >= 4 is 6.09 Å². The molecular weight excluding hydrogens is 266 g/mol. The van der Waals surface area contributed by atoms with E-state index in [4.69, 9.17) is 9.47 Å². The molecule has 4 heteroatoms. The first-order valence-electron chi connectivity index (χ1n) is 6.95. The van der Waals surface area contributed by atoms with Crippen molar-refractivity contribution in [3.63, 3.8) is 0 Å². The average Bonchev–Trinajstić information content (AvgIpc) is 2.41. The summed E-state index contributed by atoms with van der Waals surface area (Å²) in [5.74, 6) is 0. The zero-order valence-corrected chi connectivity index (χ0v) is 12.9. The van der Waals surface area contributed by atoms with Gasteiger partial charge in [-0.2, -0.15) is 0 Å². The number of rotatable bonds is 6. The summed E-state index contributed by atoms with van der Waals surface area (Å²) in [6, 6.07) is 9.98. The highest BCUT2D eigenvalue weighted by atomic mass is 16.6. The summed E-state index contributed by atoms with van der Waals surface area (Å²) in [5.41, 5.74) is 3.61. The fourth-order valence-corrected chi connectivity index (χ4v) is 1.45. The van der Waals surface area contributed by atoms with Crippen molar-refractivity contribution in [2.24, 2.45) is 0 Å². The minimum atomic E-state index is -0.477. The summed E-state index contributed by atoms with van der Waals surface area (Å²) in [7, 11) is 0. The number of alkyl carbamates (subject to hydrolysis) is 1. The molecule has 1 N–H and O–H groups in total. The lowest BCUT2D eigenvalue weighted by Crippen LogP contribution is -2.32. The Morgan fingerprint density at radius 1 is 1.24 bits per heavy atom. The molecule has 0 saturated carbocycles. The third-order valence-electron chi connectivity index (χ3n) is 2.30. The van der Waals surface area contributed by atoms with Gasteiger partial charge in [-0.05, 0) is 38.5 Å². The predicted molar refractivity (Wildman–Crippen MR) is 83.0 cm³/mol. The average molecular weight is 289 g/mol. The summed E-state index contributed by atoms with van der Waals surface area (Å²) < 4.78 is 10.6. The summed E-state index contributed by atoms with van der Waals surface area (Å²) >= 11 is 0. The van der Waals surface area contributed by atoms with Crippen LogP contribution in [0.15, 0.2) is 48.2 Å². The number of hydrogen-bond acceptors (Lipinski definition) is 3. The van der Waals surface area contributed by atoms with Gasteiger partial charge >= 0.3 is 6.09 Å². The lowest BCUT2D eigenvalue weighted by molar-refractivity contribution is 0.0534. The van der Waals surface area contributed by atoms with Gasteiger partial charge < -0.3 is 14.8 Å². The monoisotopic (exact) mass is 289 g/mol. The number of hydrogen-bond donors (Lipinski definition) is 1. The Bertz CT molecular complexity index is 483. The second-order valence-electron chi connectivity index (χ2n) is 5.46. The third-order valence-corrected chi connectivity index (χ3v) is 2.30. The minimum absolute atomic E-state index is 0.379. The summed E-state index contributed by atoms with van der Waals surface area (Å²) in [4.78, 5) is 11.3. The fourth-order valence-electron chi connectivity index (χ4n) is 1.45. The molecule has 0 heterocycles. The van der Waals surface area contributed by atoms with E-state index in [0.29, 0.717) is 19.8 Å². The summed E-state index contributed by atoms with van der Waals surface area (Å²) in [6.07, 6.45) is 3.07. The smallest absolute Gasteiger partial charge is 0.407 e. The van der Waals surface area contributed by atoms with Gasteiger partial charge in [-0.3, -0.25) is 0 Å². The van der Waals surface area contributed by atoms with E-state index in [-0.39, 0.29) is 0 Å². The first kappa shape index (κ1) is 17.0. The van der Waals surface area contributed by atoms with E-state index >= 15 is 0 Å². The van der Waals surface area contributed by atoms with E-state index in [2.05, 4.69) is 11.0 Å². The number of carbonyl (C=O) groups excluding carboxylic acids is 1. The van der Waals surface area contributed by atoms with Crippen LogP contribution in [0.1, 0.15) is 26.3 Å². The van der Waals surface area contributed by atoms with Crippen LogP contribution in [0.5, 0.6) is 0 Å². The molecule has 0 bridgehead atoms. The number of carbonyl (C=O) groups is 1. The van der Waals surface area contributed by atoms with Crippen LogP contribution in [0.3, 0.4) is 0 Å². The van der Waals surface area contributed by atoms with Crippen molar-refractivity contribution in [2.75, 3.05) is 13.2 Å². The first-order valence-corrected chi connectivity index (χ1v) is 6.95. The van der Waals surface area contributed by atoms with Crippen molar-refractivity contribution < 1.29 is 14.3 Å². The van der Waals surface area contributed by atoms with Gasteiger partial charge in [0.2, 0.25) is 0 Å². The van der Waals surface area contributed by atoms with Crippen LogP contribution >= 0.6 is 0 Å². The van der Waals surface area contributed by atoms with Crippen molar-refractivity contribution in [3.8, 4) is 0 Å². The fraction of sp³-hybridized carbons (Fsp3) is 0.412. The molecule has 0 radical (unpaired) electrons. The zero-order chi connectivity index (χ0) is 15.6. The summed E-state index contributed by atoms with van der Waals surface area (Å²) in [5, 5.41) is 2.62. The minimum Gasteiger partial charge on any atom is -0.444 e. The Hall–Kier alpha value is -2.03. The van der Waals surface area contributed by atoms with E-state index in [1.807, 2.05) is 51.1 Å². The second-order valence-corrected chi connectivity index (χ2v) is 5.46. The molecule has 1 amide bonds. The molecule has 1 rings (SSSR count). The molecule has 21 heavy (non-hydrogen) atoms. The quantitative estimate of drug-likeness (QED) is 0.644. The molecule has 0 spiro atoms. The van der Waals surface area contributed by atoms with Gasteiger partial charge in [0, 0.05) is 6.54 Å². The Balaban J connectivity index is 2.12. The van der Waals surface area contributed by atoms with Crippen LogP contribution in [0.25, 0.3) is 0 Å². The highest BCUT2D eigenvalue weighted by Gasteiger charge is 2.14. The standard InChI is InChI=1S/C17H23NO3/c1-17(2,3)21-16(19)18-12-8-5-9-13-20-14-15-10-6-4-7-11-15/h4,6-11H,12-14H2,1-3H3,(H,18,19). The number of benzene rings is 1. The topological polar surface area (TPSA) is 47.6 Å². The number of nitrogens with one attached hydrogen (secondary N) is 1.